The van der Waals surface area contributed by atoms with Gasteiger partial charge in [-0.2, -0.15) is 0 Å². The molecule has 0 unspecified atom stereocenters. The van der Waals surface area contributed by atoms with E-state index in [1.165, 1.54) is 18.4 Å². The highest BCUT2D eigenvalue weighted by Gasteiger charge is 2.23. The Morgan fingerprint density at radius 2 is 2.07 bits per heavy atom. The van der Waals surface area contributed by atoms with E-state index in [4.69, 9.17) is 0 Å². The summed E-state index contributed by atoms with van der Waals surface area (Å²) in [5, 5.41) is 3.58. The Kier molecular flexibility index (Phi) is 3.14. The van der Waals surface area contributed by atoms with Crippen LogP contribution in [0.1, 0.15) is 25.3 Å². The van der Waals surface area contributed by atoms with Crippen LogP contribution in [-0.2, 0) is 6.42 Å². The van der Waals surface area contributed by atoms with Crippen LogP contribution in [0.15, 0.2) is 24.5 Å². The normalized spacial score (nSPS) is 25.8. The van der Waals surface area contributed by atoms with Crippen molar-refractivity contribution in [3.05, 3.63) is 30.1 Å². The summed E-state index contributed by atoms with van der Waals surface area (Å²) in [6, 6.07) is 4.96. The molecule has 1 aromatic rings. The number of nitrogens with one attached hydrogen (secondary N) is 1. The Morgan fingerprint density at radius 1 is 1.36 bits per heavy atom. The fourth-order valence-electron chi connectivity index (χ4n) is 2.04. The highest BCUT2D eigenvalue weighted by Crippen LogP contribution is 2.25. The largest absolute Gasteiger partial charge is 0.314 e. The first-order valence-corrected chi connectivity index (χ1v) is 5.47. The molecule has 0 radical (unpaired) electrons. The van der Waals surface area contributed by atoms with Crippen molar-refractivity contribution >= 4 is 0 Å². The molecule has 2 nitrogen and oxygen atoms in total. The van der Waals surface area contributed by atoms with Gasteiger partial charge in [-0.05, 0) is 49.4 Å². The van der Waals surface area contributed by atoms with Gasteiger partial charge >= 0.3 is 0 Å². The molecule has 1 heterocycles. The highest BCUT2D eigenvalue weighted by atomic mass is 14.9. The van der Waals surface area contributed by atoms with Gasteiger partial charge in [-0.3, -0.25) is 4.98 Å². The Hall–Kier alpha value is -0.890. The smallest absolute Gasteiger partial charge is 0.0270 e. The summed E-state index contributed by atoms with van der Waals surface area (Å²) >= 11 is 0. The summed E-state index contributed by atoms with van der Waals surface area (Å²) in [5.74, 6) is 0.938. The number of nitrogens with zero attached hydrogens (tertiary/aromatic N) is 1. The minimum atomic E-state index is 0.784. The lowest BCUT2D eigenvalue weighted by Gasteiger charge is -2.33. The SMILES string of the molecule is CC1CC(NCCc2ccncc2)C1. The number of pyridine rings is 1. The van der Waals surface area contributed by atoms with Crippen molar-refractivity contribution in [2.75, 3.05) is 6.54 Å². The molecule has 0 aliphatic heterocycles. The Balaban J connectivity index is 1.64. The fraction of sp³-hybridized carbons (Fsp3) is 0.583. The molecule has 1 N–H and O–H groups in total. The molecule has 14 heavy (non-hydrogen) atoms. The monoisotopic (exact) mass is 190 g/mol. The van der Waals surface area contributed by atoms with Crippen molar-refractivity contribution in [2.24, 2.45) is 5.92 Å². The Morgan fingerprint density at radius 3 is 2.71 bits per heavy atom. The van der Waals surface area contributed by atoms with Crippen molar-refractivity contribution in [3.8, 4) is 0 Å². The predicted molar refractivity (Wildman–Crippen MR) is 58.1 cm³/mol. The molecule has 1 aromatic heterocycles. The van der Waals surface area contributed by atoms with Gasteiger partial charge in [0.25, 0.3) is 0 Å². The molecular formula is C12H18N2. The number of aromatic nitrogens is 1. The molecule has 0 bridgehead atoms. The second kappa shape index (κ2) is 4.56. The third kappa shape index (κ3) is 2.55. The van der Waals surface area contributed by atoms with Crippen LogP contribution in [0, 0.1) is 5.92 Å². The number of hydrogen-bond donors (Lipinski definition) is 1. The van der Waals surface area contributed by atoms with Gasteiger partial charge in [-0.1, -0.05) is 6.92 Å². The average Bonchev–Trinajstić information content (AvgIpc) is 2.17. The summed E-state index contributed by atoms with van der Waals surface area (Å²) in [7, 11) is 0. The lowest BCUT2D eigenvalue weighted by Crippen LogP contribution is -2.40. The van der Waals surface area contributed by atoms with E-state index in [9.17, 15) is 0 Å². The van der Waals surface area contributed by atoms with E-state index in [0.29, 0.717) is 0 Å². The zero-order chi connectivity index (χ0) is 9.80. The molecule has 1 saturated carbocycles. The van der Waals surface area contributed by atoms with Crippen molar-refractivity contribution in [2.45, 2.75) is 32.2 Å². The molecule has 1 fully saturated rings. The number of rotatable bonds is 4. The van der Waals surface area contributed by atoms with Crippen molar-refractivity contribution in [1.82, 2.24) is 10.3 Å². The molecule has 0 aromatic carbocycles. The molecule has 2 heteroatoms. The molecular weight excluding hydrogens is 172 g/mol. The van der Waals surface area contributed by atoms with Crippen LogP contribution in [0.4, 0.5) is 0 Å². The van der Waals surface area contributed by atoms with E-state index in [-0.39, 0.29) is 0 Å². The molecule has 2 rings (SSSR count). The van der Waals surface area contributed by atoms with E-state index in [1.807, 2.05) is 12.4 Å². The number of hydrogen-bond acceptors (Lipinski definition) is 2. The van der Waals surface area contributed by atoms with Crippen LogP contribution in [0.3, 0.4) is 0 Å². The summed E-state index contributed by atoms with van der Waals surface area (Å²) in [5.41, 5.74) is 1.37. The summed E-state index contributed by atoms with van der Waals surface area (Å²) in [4.78, 5) is 4.01. The second-order valence-electron chi connectivity index (χ2n) is 4.33. The Bertz CT molecular complexity index is 265. The van der Waals surface area contributed by atoms with Gasteiger partial charge in [0.2, 0.25) is 0 Å². The summed E-state index contributed by atoms with van der Waals surface area (Å²) < 4.78 is 0. The third-order valence-electron chi connectivity index (χ3n) is 2.97. The van der Waals surface area contributed by atoms with Crippen LogP contribution >= 0.6 is 0 Å². The topological polar surface area (TPSA) is 24.9 Å². The lowest BCUT2D eigenvalue weighted by molar-refractivity contribution is 0.243. The van der Waals surface area contributed by atoms with Crippen LogP contribution in [0.25, 0.3) is 0 Å². The molecule has 0 spiro atoms. The van der Waals surface area contributed by atoms with Crippen molar-refractivity contribution in [1.29, 1.82) is 0 Å². The zero-order valence-electron chi connectivity index (χ0n) is 8.74. The second-order valence-corrected chi connectivity index (χ2v) is 4.33. The first kappa shape index (κ1) is 9.66. The quantitative estimate of drug-likeness (QED) is 0.785. The maximum atomic E-state index is 4.01. The van der Waals surface area contributed by atoms with Crippen molar-refractivity contribution < 1.29 is 0 Å². The fourth-order valence-corrected chi connectivity index (χ4v) is 2.04. The van der Waals surface area contributed by atoms with Gasteiger partial charge in [0.05, 0.1) is 0 Å². The van der Waals surface area contributed by atoms with E-state index in [2.05, 4.69) is 29.4 Å². The van der Waals surface area contributed by atoms with Gasteiger partial charge in [0, 0.05) is 18.4 Å². The van der Waals surface area contributed by atoms with E-state index >= 15 is 0 Å². The van der Waals surface area contributed by atoms with Gasteiger partial charge in [0.15, 0.2) is 0 Å². The van der Waals surface area contributed by atoms with Crippen LogP contribution in [0.2, 0.25) is 0 Å². The average molecular weight is 190 g/mol. The molecule has 0 saturated heterocycles. The molecule has 0 atom stereocenters. The van der Waals surface area contributed by atoms with E-state index < -0.39 is 0 Å². The Labute approximate surface area is 85.7 Å². The van der Waals surface area contributed by atoms with E-state index in [1.54, 1.807) is 0 Å². The zero-order valence-corrected chi connectivity index (χ0v) is 8.74. The van der Waals surface area contributed by atoms with Crippen LogP contribution in [-0.4, -0.2) is 17.6 Å². The minimum Gasteiger partial charge on any atom is -0.314 e. The highest BCUT2D eigenvalue weighted by molar-refractivity contribution is 5.09. The van der Waals surface area contributed by atoms with Gasteiger partial charge in [-0.15, -0.1) is 0 Å². The van der Waals surface area contributed by atoms with Gasteiger partial charge < -0.3 is 5.32 Å². The summed E-state index contributed by atoms with van der Waals surface area (Å²) in [6.07, 6.45) is 7.56. The van der Waals surface area contributed by atoms with Crippen LogP contribution < -0.4 is 5.32 Å². The van der Waals surface area contributed by atoms with Gasteiger partial charge in [-0.25, -0.2) is 0 Å². The molecule has 1 aliphatic carbocycles. The van der Waals surface area contributed by atoms with Gasteiger partial charge in [0.1, 0.15) is 0 Å². The molecule has 1 aliphatic rings. The lowest BCUT2D eigenvalue weighted by atomic mass is 9.82. The first-order valence-electron chi connectivity index (χ1n) is 5.47. The maximum Gasteiger partial charge on any atom is 0.0270 e. The van der Waals surface area contributed by atoms with Crippen LogP contribution in [0.5, 0.6) is 0 Å². The third-order valence-corrected chi connectivity index (χ3v) is 2.97. The minimum absolute atomic E-state index is 0.784. The first-order chi connectivity index (χ1) is 6.84. The molecule has 0 amide bonds. The van der Waals surface area contributed by atoms with Crippen molar-refractivity contribution in [3.63, 3.8) is 0 Å². The van der Waals surface area contributed by atoms with E-state index in [0.717, 1.165) is 24.9 Å². The maximum absolute atomic E-state index is 4.01. The summed E-state index contributed by atoms with van der Waals surface area (Å²) in [6.45, 7) is 3.42. The molecule has 76 valence electrons. The standard InChI is InChI=1S/C12H18N2/c1-10-8-12(9-10)14-7-4-11-2-5-13-6-3-11/h2-3,5-6,10,12,14H,4,7-9H2,1H3. The predicted octanol–water partition coefficient (Wildman–Crippen LogP) is 2.01.